The number of benzene rings is 10. The lowest BCUT2D eigenvalue weighted by atomic mass is 9.65. The van der Waals surface area contributed by atoms with Crippen molar-refractivity contribution in [3.8, 4) is 56.0 Å². The number of anilines is 3. The molecule has 286 valence electrons. The van der Waals surface area contributed by atoms with E-state index in [0.29, 0.717) is 0 Å². The van der Waals surface area contributed by atoms with Crippen LogP contribution in [0.2, 0.25) is 0 Å². The Morgan fingerprint density at radius 1 is 0.311 bits per heavy atom. The molecule has 1 spiro atoms. The third-order valence-electron chi connectivity index (χ3n) is 12.7. The van der Waals surface area contributed by atoms with Crippen molar-refractivity contribution in [2.45, 2.75) is 5.41 Å². The average molecular weight is 778 g/mol. The SMILES string of the molecule is c1ccc(-c2ccc(N(c3ccc(-c4ccccc4)cc3)c3ccc(-c4cccc5c4-c4ccccc4C54c5ccccc5Oc5ccc6ccccc6c54)cc3)cc2)cc1. The topological polar surface area (TPSA) is 12.5 Å². The second kappa shape index (κ2) is 14.1. The summed E-state index contributed by atoms with van der Waals surface area (Å²) in [6.45, 7) is 0. The van der Waals surface area contributed by atoms with Gasteiger partial charge < -0.3 is 9.64 Å². The Labute approximate surface area is 356 Å². The predicted octanol–water partition coefficient (Wildman–Crippen LogP) is 15.8. The van der Waals surface area contributed by atoms with Gasteiger partial charge in [-0.1, -0.05) is 188 Å². The highest BCUT2D eigenvalue weighted by atomic mass is 16.5. The summed E-state index contributed by atoms with van der Waals surface area (Å²) in [5, 5.41) is 2.41. The zero-order chi connectivity index (χ0) is 40.3. The zero-order valence-electron chi connectivity index (χ0n) is 33.4. The van der Waals surface area contributed by atoms with Gasteiger partial charge in [-0.25, -0.2) is 0 Å². The standard InChI is InChI=1S/C59H39NO/c1-3-14-40(15-4-1)42-26-33-46(34-27-42)60(47-35-28-43(29-36-47)41-16-5-2-6-17-41)48-37-30-45(31-38-48)49-21-13-24-54-57(49)51-20-9-10-22-52(51)59(54)53-23-11-12-25-55(53)61-56-39-32-44-18-7-8-19-50(44)58(56)59/h1-39H. The second-order valence-corrected chi connectivity index (χ2v) is 16.0. The molecule has 0 N–H and O–H groups in total. The van der Waals surface area contributed by atoms with Crippen LogP contribution in [0.3, 0.4) is 0 Å². The lowest BCUT2D eigenvalue weighted by Gasteiger charge is -2.40. The van der Waals surface area contributed by atoms with E-state index in [-0.39, 0.29) is 0 Å². The van der Waals surface area contributed by atoms with Crippen molar-refractivity contribution in [3.05, 3.63) is 259 Å². The summed E-state index contributed by atoms with van der Waals surface area (Å²) in [7, 11) is 0. The largest absolute Gasteiger partial charge is 0.457 e. The van der Waals surface area contributed by atoms with E-state index >= 15 is 0 Å². The second-order valence-electron chi connectivity index (χ2n) is 16.0. The van der Waals surface area contributed by atoms with Crippen molar-refractivity contribution in [2.75, 3.05) is 4.90 Å². The van der Waals surface area contributed by atoms with Crippen LogP contribution >= 0.6 is 0 Å². The molecular formula is C59H39NO. The maximum Gasteiger partial charge on any atom is 0.132 e. The zero-order valence-corrected chi connectivity index (χ0v) is 33.4. The third kappa shape index (κ3) is 5.50. The monoisotopic (exact) mass is 777 g/mol. The molecule has 0 saturated carbocycles. The van der Waals surface area contributed by atoms with Gasteiger partial charge in [0.1, 0.15) is 11.5 Å². The Kier molecular flexibility index (Phi) is 8.11. The summed E-state index contributed by atoms with van der Waals surface area (Å²) < 4.78 is 6.78. The first kappa shape index (κ1) is 35.0. The molecule has 1 atom stereocenters. The van der Waals surface area contributed by atoms with E-state index < -0.39 is 5.41 Å². The van der Waals surface area contributed by atoms with E-state index in [1.165, 1.54) is 77.5 Å². The van der Waals surface area contributed by atoms with Gasteiger partial charge in [0, 0.05) is 28.2 Å². The van der Waals surface area contributed by atoms with Gasteiger partial charge in [0.2, 0.25) is 0 Å². The van der Waals surface area contributed by atoms with Crippen molar-refractivity contribution >= 4 is 27.8 Å². The Morgan fingerprint density at radius 2 is 0.803 bits per heavy atom. The number of hydrogen-bond donors (Lipinski definition) is 0. The van der Waals surface area contributed by atoms with Crippen molar-refractivity contribution in [2.24, 2.45) is 0 Å². The third-order valence-corrected chi connectivity index (χ3v) is 12.7. The molecule has 10 aromatic rings. The highest BCUT2D eigenvalue weighted by Crippen LogP contribution is 2.64. The molecular weight excluding hydrogens is 739 g/mol. The molecule has 1 aliphatic heterocycles. The maximum absolute atomic E-state index is 6.78. The molecule has 2 aliphatic rings. The molecule has 61 heavy (non-hydrogen) atoms. The number of hydrogen-bond acceptors (Lipinski definition) is 2. The number of nitrogens with zero attached hydrogens (tertiary/aromatic N) is 1. The smallest absolute Gasteiger partial charge is 0.132 e. The predicted molar refractivity (Wildman–Crippen MR) is 252 cm³/mol. The molecule has 0 bridgehead atoms. The van der Waals surface area contributed by atoms with Gasteiger partial charge in [-0.3, -0.25) is 0 Å². The van der Waals surface area contributed by atoms with Crippen LogP contribution in [0.5, 0.6) is 11.5 Å². The summed E-state index contributed by atoms with van der Waals surface area (Å²) in [4.78, 5) is 2.36. The van der Waals surface area contributed by atoms with Gasteiger partial charge >= 0.3 is 0 Å². The molecule has 0 radical (unpaired) electrons. The average Bonchev–Trinajstić information content (AvgIpc) is 3.63. The fourth-order valence-electron chi connectivity index (χ4n) is 10.1. The molecule has 0 amide bonds. The molecule has 2 nitrogen and oxygen atoms in total. The van der Waals surface area contributed by atoms with E-state index in [0.717, 1.165) is 28.6 Å². The van der Waals surface area contributed by atoms with E-state index in [1.807, 2.05) is 0 Å². The van der Waals surface area contributed by atoms with Crippen LogP contribution in [-0.4, -0.2) is 0 Å². The number of ether oxygens (including phenoxy) is 1. The van der Waals surface area contributed by atoms with Crippen LogP contribution in [0, 0.1) is 0 Å². The molecule has 0 aromatic heterocycles. The van der Waals surface area contributed by atoms with Crippen LogP contribution in [-0.2, 0) is 5.41 Å². The molecule has 1 heterocycles. The van der Waals surface area contributed by atoms with Gasteiger partial charge in [0.15, 0.2) is 0 Å². The number of para-hydroxylation sites is 1. The minimum absolute atomic E-state index is 0.568. The van der Waals surface area contributed by atoms with Gasteiger partial charge in [0.05, 0.1) is 5.41 Å². The van der Waals surface area contributed by atoms with E-state index in [2.05, 4.69) is 241 Å². The summed E-state index contributed by atoms with van der Waals surface area (Å²) >= 11 is 0. The van der Waals surface area contributed by atoms with E-state index in [1.54, 1.807) is 0 Å². The van der Waals surface area contributed by atoms with Crippen molar-refractivity contribution in [1.82, 2.24) is 0 Å². The lowest BCUT2D eigenvalue weighted by Crippen LogP contribution is -2.32. The fraction of sp³-hybridized carbons (Fsp3) is 0.0169. The number of fused-ring (bicyclic) bond motifs is 11. The Morgan fingerprint density at radius 3 is 1.46 bits per heavy atom. The Bertz CT molecular complexity index is 3160. The molecule has 1 aliphatic carbocycles. The maximum atomic E-state index is 6.78. The summed E-state index contributed by atoms with van der Waals surface area (Å²) in [6, 6.07) is 85.7. The molecule has 0 saturated heterocycles. The minimum Gasteiger partial charge on any atom is -0.457 e. The summed E-state index contributed by atoms with van der Waals surface area (Å²) in [5.41, 5.74) is 17.4. The normalized spacial score (nSPS) is 14.4. The van der Waals surface area contributed by atoms with Gasteiger partial charge in [-0.05, 0) is 115 Å². The number of rotatable bonds is 6. The van der Waals surface area contributed by atoms with Crippen LogP contribution in [0.25, 0.3) is 55.3 Å². The van der Waals surface area contributed by atoms with E-state index in [4.69, 9.17) is 4.74 Å². The summed E-state index contributed by atoms with van der Waals surface area (Å²) in [5.74, 6) is 1.81. The quantitative estimate of drug-likeness (QED) is 0.167. The Balaban J connectivity index is 1.01. The fourth-order valence-corrected chi connectivity index (χ4v) is 10.1. The van der Waals surface area contributed by atoms with Gasteiger partial charge in [0.25, 0.3) is 0 Å². The van der Waals surface area contributed by atoms with Gasteiger partial charge in [-0.15, -0.1) is 0 Å². The van der Waals surface area contributed by atoms with Crippen LogP contribution < -0.4 is 9.64 Å². The first-order chi connectivity index (χ1) is 30.3. The summed E-state index contributed by atoms with van der Waals surface area (Å²) in [6.07, 6.45) is 0. The molecule has 2 heteroatoms. The molecule has 12 rings (SSSR count). The molecule has 10 aromatic carbocycles. The minimum atomic E-state index is -0.568. The molecule has 1 unspecified atom stereocenters. The van der Waals surface area contributed by atoms with Gasteiger partial charge in [-0.2, -0.15) is 0 Å². The van der Waals surface area contributed by atoms with Crippen LogP contribution in [0.15, 0.2) is 237 Å². The van der Waals surface area contributed by atoms with E-state index in [9.17, 15) is 0 Å². The van der Waals surface area contributed by atoms with Crippen LogP contribution in [0.1, 0.15) is 22.3 Å². The Hall–Kier alpha value is -7.94. The lowest BCUT2D eigenvalue weighted by molar-refractivity contribution is 0.438. The highest BCUT2D eigenvalue weighted by molar-refractivity contribution is 6.01. The first-order valence-corrected chi connectivity index (χ1v) is 21.0. The molecule has 0 fully saturated rings. The van der Waals surface area contributed by atoms with Crippen LogP contribution in [0.4, 0.5) is 17.1 Å². The van der Waals surface area contributed by atoms with Crippen molar-refractivity contribution in [1.29, 1.82) is 0 Å². The highest BCUT2D eigenvalue weighted by Gasteiger charge is 2.52. The first-order valence-electron chi connectivity index (χ1n) is 21.0. The van der Waals surface area contributed by atoms with Crippen molar-refractivity contribution in [3.63, 3.8) is 0 Å². The van der Waals surface area contributed by atoms with Crippen molar-refractivity contribution < 1.29 is 4.74 Å².